The van der Waals surface area contributed by atoms with Crippen molar-refractivity contribution in [2.24, 2.45) is 0 Å². The SMILES string of the molecule is CC/C=C\C/C=C\C/C=C\C/C=C\C/C=C\C/C=C\CCCCCC(O)C(=O)NC(COC1OC(CO)C(O)C(O)C1OC(=O)CCCCCCCCC/C=C/CCCCCCCC)C(O)/C=C/CCCCCCCCCCCC. The minimum atomic E-state index is -1.62. The minimum absolute atomic E-state index is 0.112. The second-order valence-corrected chi connectivity index (χ2v) is 22.1. The van der Waals surface area contributed by atoms with Gasteiger partial charge in [-0.05, 0) is 103 Å². The number of carbonyl (C=O) groups is 2. The van der Waals surface area contributed by atoms with E-state index in [-0.39, 0.29) is 19.4 Å². The average Bonchev–Trinajstić information content (AvgIpc) is 3.48. The molecule has 8 atom stereocenters. The van der Waals surface area contributed by atoms with Crippen LogP contribution in [-0.2, 0) is 23.8 Å². The number of nitrogens with one attached hydrogen (secondary N) is 1. The first-order chi connectivity index (χ1) is 39.2. The van der Waals surface area contributed by atoms with Crippen molar-refractivity contribution >= 4 is 11.9 Å². The van der Waals surface area contributed by atoms with Gasteiger partial charge in [0.25, 0.3) is 0 Å². The molecule has 8 unspecified atom stereocenters. The Labute approximate surface area is 488 Å². The van der Waals surface area contributed by atoms with Crippen LogP contribution in [-0.4, -0.2) is 99.6 Å². The van der Waals surface area contributed by atoms with Crippen molar-refractivity contribution in [3.8, 4) is 0 Å². The number of allylic oxidation sites excluding steroid dienone is 15. The Hall–Kier alpha value is -3.42. The number of unbranched alkanes of at least 4 members (excludes halogenated alkanes) is 26. The van der Waals surface area contributed by atoms with Crippen LogP contribution in [0.4, 0.5) is 0 Å². The van der Waals surface area contributed by atoms with Gasteiger partial charge in [0, 0.05) is 6.42 Å². The Morgan fingerprint density at radius 3 is 1.36 bits per heavy atom. The molecule has 460 valence electrons. The molecule has 11 nitrogen and oxygen atoms in total. The van der Waals surface area contributed by atoms with Crippen LogP contribution in [0.3, 0.4) is 0 Å². The fraction of sp³-hybridized carbons (Fsp3) is 0.739. The number of rotatable bonds is 54. The second-order valence-electron chi connectivity index (χ2n) is 22.1. The van der Waals surface area contributed by atoms with E-state index in [4.69, 9.17) is 14.2 Å². The monoisotopic (exact) mass is 1120 g/mol. The van der Waals surface area contributed by atoms with E-state index in [0.717, 1.165) is 116 Å². The van der Waals surface area contributed by atoms with Gasteiger partial charge in [-0.3, -0.25) is 9.59 Å². The zero-order valence-electron chi connectivity index (χ0n) is 50.9. The summed E-state index contributed by atoms with van der Waals surface area (Å²) in [4.78, 5) is 26.6. The maximum atomic E-state index is 13.4. The predicted octanol–water partition coefficient (Wildman–Crippen LogP) is 15.9. The van der Waals surface area contributed by atoms with Crippen molar-refractivity contribution in [3.05, 3.63) is 97.2 Å². The maximum absolute atomic E-state index is 13.4. The van der Waals surface area contributed by atoms with Gasteiger partial charge in [-0.1, -0.05) is 253 Å². The molecular weight excluding hydrogens is 1000 g/mol. The average molecular weight is 1120 g/mol. The first kappa shape index (κ1) is 74.6. The Kier molecular flexibility index (Phi) is 52.3. The molecule has 1 heterocycles. The van der Waals surface area contributed by atoms with Crippen molar-refractivity contribution in [1.82, 2.24) is 5.32 Å². The largest absolute Gasteiger partial charge is 0.454 e. The Balaban J connectivity index is 2.68. The summed E-state index contributed by atoms with van der Waals surface area (Å²) >= 11 is 0. The molecule has 0 saturated carbocycles. The molecule has 80 heavy (non-hydrogen) atoms. The van der Waals surface area contributed by atoms with Crippen molar-refractivity contribution in [2.75, 3.05) is 13.2 Å². The van der Waals surface area contributed by atoms with Crippen molar-refractivity contribution < 1.29 is 49.3 Å². The standard InChI is InChI=1S/C69H119NO10/c1-4-7-10-13-16-19-22-25-27-29-30-31-32-33-35-36-38-41-44-47-50-53-56-62(73)68(77)70-60(61(72)55-52-49-46-43-40-24-21-18-15-12-9-6-3)59-78-69-67(66(76)65(75)63(58-71)79-69)80-64(74)57-54-51-48-45-42-39-37-34-28-26-23-20-17-14-11-8-5-2/h7,10,16,19,25-28,30-31,33,35,38,41,52,55,60-63,65-67,69,71-73,75-76H,4-6,8-9,11-15,17-18,20-24,29,32,34,36-37,39-40,42-51,53-54,56-59H2,1-3H3,(H,70,77)/b10-7-,19-16-,27-25-,28-26+,31-30-,35-33-,41-38-,55-52+. The number of hydrogen-bond acceptors (Lipinski definition) is 10. The number of esters is 1. The Morgan fingerprint density at radius 2 is 0.900 bits per heavy atom. The molecule has 0 bridgehead atoms. The molecule has 1 fully saturated rings. The summed E-state index contributed by atoms with van der Waals surface area (Å²) in [6, 6.07) is -1.04. The highest BCUT2D eigenvalue weighted by Gasteiger charge is 2.47. The van der Waals surface area contributed by atoms with Gasteiger partial charge in [0.1, 0.15) is 24.4 Å². The number of amides is 1. The van der Waals surface area contributed by atoms with E-state index >= 15 is 0 Å². The summed E-state index contributed by atoms with van der Waals surface area (Å²) in [5, 5.41) is 57.0. The van der Waals surface area contributed by atoms with Gasteiger partial charge >= 0.3 is 5.97 Å². The number of carbonyl (C=O) groups excluding carboxylic acids is 2. The highest BCUT2D eigenvalue weighted by molar-refractivity contribution is 5.80. The van der Waals surface area contributed by atoms with E-state index in [1.807, 2.05) is 6.08 Å². The molecule has 0 aromatic rings. The molecule has 1 aliphatic rings. The molecule has 11 heteroatoms. The van der Waals surface area contributed by atoms with Crippen molar-refractivity contribution in [3.63, 3.8) is 0 Å². The fourth-order valence-corrected chi connectivity index (χ4v) is 9.59. The number of aliphatic hydroxyl groups excluding tert-OH is 5. The molecule has 0 aliphatic carbocycles. The van der Waals surface area contributed by atoms with Gasteiger partial charge in [0.15, 0.2) is 12.4 Å². The topological polar surface area (TPSA) is 175 Å². The Bertz CT molecular complexity index is 1670. The molecule has 1 amide bonds. The van der Waals surface area contributed by atoms with Crippen molar-refractivity contribution in [1.29, 1.82) is 0 Å². The predicted molar refractivity (Wildman–Crippen MR) is 333 cm³/mol. The molecule has 0 spiro atoms. The highest BCUT2D eigenvalue weighted by Crippen LogP contribution is 2.26. The van der Waals surface area contributed by atoms with E-state index in [2.05, 4.69) is 111 Å². The van der Waals surface area contributed by atoms with Crippen LogP contribution < -0.4 is 5.32 Å². The molecule has 0 aromatic carbocycles. The highest BCUT2D eigenvalue weighted by atomic mass is 16.7. The van der Waals surface area contributed by atoms with Crippen LogP contribution in [0.5, 0.6) is 0 Å². The van der Waals surface area contributed by atoms with Crippen LogP contribution in [0.1, 0.15) is 265 Å². The normalized spacial score (nSPS) is 19.4. The van der Waals surface area contributed by atoms with E-state index < -0.39 is 67.4 Å². The fourth-order valence-electron chi connectivity index (χ4n) is 9.59. The number of hydrogen-bond donors (Lipinski definition) is 6. The van der Waals surface area contributed by atoms with Crippen LogP contribution in [0, 0.1) is 0 Å². The molecule has 1 aliphatic heterocycles. The van der Waals surface area contributed by atoms with Gasteiger partial charge in [0.2, 0.25) is 5.91 Å². The van der Waals surface area contributed by atoms with E-state index in [0.29, 0.717) is 12.8 Å². The Morgan fingerprint density at radius 1 is 0.500 bits per heavy atom. The van der Waals surface area contributed by atoms with Crippen molar-refractivity contribution in [2.45, 2.75) is 314 Å². The lowest BCUT2D eigenvalue weighted by Crippen LogP contribution is -2.61. The summed E-state index contributed by atoms with van der Waals surface area (Å²) in [6.07, 6.45) is 64.4. The van der Waals surface area contributed by atoms with E-state index in [1.54, 1.807) is 6.08 Å². The van der Waals surface area contributed by atoms with Gasteiger partial charge in [-0.2, -0.15) is 0 Å². The molecule has 1 saturated heterocycles. The van der Waals surface area contributed by atoms with Gasteiger partial charge < -0.3 is 45.1 Å². The first-order valence-corrected chi connectivity index (χ1v) is 32.5. The molecule has 0 radical (unpaired) electrons. The van der Waals surface area contributed by atoms with Gasteiger partial charge in [0.05, 0.1) is 25.4 Å². The number of aliphatic hydroxyl groups is 5. The van der Waals surface area contributed by atoms with Crippen LogP contribution in [0.2, 0.25) is 0 Å². The molecule has 6 N–H and O–H groups in total. The summed E-state index contributed by atoms with van der Waals surface area (Å²) in [5.74, 6) is -1.23. The summed E-state index contributed by atoms with van der Waals surface area (Å²) < 4.78 is 17.6. The first-order valence-electron chi connectivity index (χ1n) is 32.5. The van der Waals surface area contributed by atoms with Gasteiger partial charge in [-0.15, -0.1) is 0 Å². The molecule has 1 rings (SSSR count). The maximum Gasteiger partial charge on any atom is 0.306 e. The second kappa shape index (κ2) is 56.1. The summed E-state index contributed by atoms with van der Waals surface area (Å²) in [7, 11) is 0. The lowest BCUT2D eigenvalue weighted by Gasteiger charge is -2.41. The third-order valence-electron chi connectivity index (χ3n) is 14.7. The minimum Gasteiger partial charge on any atom is -0.454 e. The van der Waals surface area contributed by atoms with Crippen LogP contribution >= 0.6 is 0 Å². The summed E-state index contributed by atoms with van der Waals surface area (Å²) in [6.45, 7) is 5.65. The lowest BCUT2D eigenvalue weighted by molar-refractivity contribution is -0.305. The van der Waals surface area contributed by atoms with Gasteiger partial charge in [-0.25, -0.2) is 0 Å². The lowest BCUT2D eigenvalue weighted by atomic mass is 9.99. The molecular formula is C69H119NO10. The van der Waals surface area contributed by atoms with Crippen LogP contribution in [0.15, 0.2) is 97.2 Å². The van der Waals surface area contributed by atoms with E-state index in [1.165, 1.54) is 103 Å². The van der Waals surface area contributed by atoms with Crippen LogP contribution in [0.25, 0.3) is 0 Å². The smallest absolute Gasteiger partial charge is 0.306 e. The third kappa shape index (κ3) is 43.3. The van der Waals surface area contributed by atoms with E-state index in [9.17, 15) is 35.1 Å². The summed E-state index contributed by atoms with van der Waals surface area (Å²) in [5.41, 5.74) is 0. The zero-order chi connectivity index (χ0) is 58.2. The zero-order valence-corrected chi connectivity index (χ0v) is 50.9. The number of ether oxygens (including phenoxy) is 3. The molecule has 0 aromatic heterocycles. The quantitative estimate of drug-likeness (QED) is 0.0195. The third-order valence-corrected chi connectivity index (χ3v) is 14.7.